The van der Waals surface area contributed by atoms with Gasteiger partial charge in [0, 0.05) is 31.2 Å². The topological polar surface area (TPSA) is 45.2 Å². The molecule has 1 amide bonds. The molecule has 0 saturated heterocycles. The summed E-state index contributed by atoms with van der Waals surface area (Å²) >= 11 is 0. The number of hydrogen-bond acceptors (Lipinski definition) is 3. The molecular formula is C17H19N3O. The monoisotopic (exact) mass is 281 g/mol. The van der Waals surface area contributed by atoms with Crippen molar-refractivity contribution in [1.82, 2.24) is 4.98 Å². The minimum Gasteiger partial charge on any atom is -0.380 e. The highest BCUT2D eigenvalue weighted by Crippen LogP contribution is 2.17. The van der Waals surface area contributed by atoms with Gasteiger partial charge >= 0.3 is 0 Å². The van der Waals surface area contributed by atoms with E-state index < -0.39 is 0 Å². The highest BCUT2D eigenvalue weighted by atomic mass is 16.2. The van der Waals surface area contributed by atoms with Crippen molar-refractivity contribution in [2.45, 2.75) is 6.92 Å². The largest absolute Gasteiger partial charge is 0.380 e. The zero-order valence-corrected chi connectivity index (χ0v) is 12.1. The Bertz CT molecular complexity index is 610. The van der Waals surface area contributed by atoms with Crippen LogP contribution in [0, 0.1) is 0 Å². The molecule has 0 unspecified atom stereocenters. The standard InChI is InChI=1S/C17H19N3O/c1-3-10-19-15-11-14(12-18-13-15)17(21)20(4-2)16-8-6-5-7-9-16/h3,5-9,11-13,19H,1,4,10H2,2H3. The van der Waals surface area contributed by atoms with Gasteiger partial charge in [-0.2, -0.15) is 0 Å². The van der Waals surface area contributed by atoms with Crippen LogP contribution in [0.5, 0.6) is 0 Å². The van der Waals surface area contributed by atoms with Crippen LogP contribution in [0.2, 0.25) is 0 Å². The molecular weight excluding hydrogens is 262 g/mol. The number of nitrogens with one attached hydrogen (secondary N) is 1. The predicted molar refractivity (Wildman–Crippen MR) is 86.7 cm³/mol. The molecule has 0 spiro atoms. The average molecular weight is 281 g/mol. The summed E-state index contributed by atoms with van der Waals surface area (Å²) in [5, 5.41) is 3.14. The number of para-hydroxylation sites is 1. The quantitative estimate of drug-likeness (QED) is 0.826. The smallest absolute Gasteiger partial charge is 0.259 e. The molecule has 0 aliphatic carbocycles. The van der Waals surface area contributed by atoms with Crippen molar-refractivity contribution in [3.63, 3.8) is 0 Å². The van der Waals surface area contributed by atoms with Crippen molar-refractivity contribution < 1.29 is 4.79 Å². The first-order chi connectivity index (χ1) is 10.3. The third-order valence-electron chi connectivity index (χ3n) is 3.06. The maximum Gasteiger partial charge on any atom is 0.259 e. The number of amides is 1. The lowest BCUT2D eigenvalue weighted by atomic mass is 10.2. The Morgan fingerprint density at radius 2 is 2.10 bits per heavy atom. The molecule has 21 heavy (non-hydrogen) atoms. The van der Waals surface area contributed by atoms with Crippen molar-refractivity contribution in [2.75, 3.05) is 23.3 Å². The van der Waals surface area contributed by atoms with Crippen molar-refractivity contribution in [3.05, 3.63) is 67.0 Å². The first-order valence-electron chi connectivity index (χ1n) is 6.93. The van der Waals surface area contributed by atoms with Crippen LogP contribution in [0.1, 0.15) is 17.3 Å². The summed E-state index contributed by atoms with van der Waals surface area (Å²) in [6.07, 6.45) is 5.04. The molecule has 0 saturated carbocycles. The molecule has 0 aliphatic rings. The summed E-state index contributed by atoms with van der Waals surface area (Å²) < 4.78 is 0. The summed E-state index contributed by atoms with van der Waals surface area (Å²) in [5.74, 6) is -0.0570. The molecule has 0 bridgehead atoms. The molecule has 1 aromatic heterocycles. The number of benzene rings is 1. The van der Waals surface area contributed by atoms with E-state index in [1.165, 1.54) is 0 Å². The van der Waals surface area contributed by atoms with Gasteiger partial charge in [-0.05, 0) is 25.1 Å². The van der Waals surface area contributed by atoms with Crippen molar-refractivity contribution in [1.29, 1.82) is 0 Å². The second-order valence-electron chi connectivity index (χ2n) is 4.52. The number of carbonyl (C=O) groups excluding carboxylic acids is 1. The molecule has 1 aromatic carbocycles. The third kappa shape index (κ3) is 3.69. The average Bonchev–Trinajstić information content (AvgIpc) is 2.55. The third-order valence-corrected chi connectivity index (χ3v) is 3.06. The van der Waals surface area contributed by atoms with E-state index in [2.05, 4.69) is 16.9 Å². The number of aromatic nitrogens is 1. The van der Waals surface area contributed by atoms with Crippen molar-refractivity contribution in [3.8, 4) is 0 Å². The lowest BCUT2D eigenvalue weighted by molar-refractivity contribution is 0.0988. The van der Waals surface area contributed by atoms with E-state index >= 15 is 0 Å². The van der Waals surface area contributed by atoms with Crippen LogP contribution in [0.15, 0.2) is 61.4 Å². The number of carbonyl (C=O) groups is 1. The fourth-order valence-corrected chi connectivity index (χ4v) is 2.05. The van der Waals surface area contributed by atoms with Crippen LogP contribution in [0.3, 0.4) is 0 Å². The number of hydrogen-bond donors (Lipinski definition) is 1. The van der Waals surface area contributed by atoms with Crippen LogP contribution in [0.25, 0.3) is 0 Å². The maximum atomic E-state index is 12.6. The van der Waals surface area contributed by atoms with Gasteiger partial charge in [-0.15, -0.1) is 6.58 Å². The number of nitrogens with zero attached hydrogens (tertiary/aromatic N) is 2. The summed E-state index contributed by atoms with van der Waals surface area (Å²) in [5.41, 5.74) is 2.26. The van der Waals surface area contributed by atoms with Gasteiger partial charge in [-0.3, -0.25) is 9.78 Å². The first-order valence-corrected chi connectivity index (χ1v) is 6.93. The fraction of sp³-hybridized carbons (Fsp3) is 0.176. The Morgan fingerprint density at radius 3 is 2.76 bits per heavy atom. The summed E-state index contributed by atoms with van der Waals surface area (Å²) in [6.45, 7) is 6.85. The van der Waals surface area contributed by atoms with E-state index in [1.54, 1.807) is 23.4 Å². The van der Waals surface area contributed by atoms with Crippen LogP contribution in [-0.4, -0.2) is 24.0 Å². The normalized spacial score (nSPS) is 9.95. The maximum absolute atomic E-state index is 12.6. The molecule has 4 heteroatoms. The van der Waals surface area contributed by atoms with Crippen LogP contribution >= 0.6 is 0 Å². The van der Waals surface area contributed by atoms with Gasteiger partial charge in [0.2, 0.25) is 0 Å². The Balaban J connectivity index is 2.23. The van der Waals surface area contributed by atoms with Crippen molar-refractivity contribution >= 4 is 17.3 Å². The highest BCUT2D eigenvalue weighted by molar-refractivity contribution is 6.06. The van der Waals surface area contributed by atoms with E-state index in [0.717, 1.165) is 11.4 Å². The van der Waals surface area contributed by atoms with Crippen LogP contribution in [0.4, 0.5) is 11.4 Å². The van der Waals surface area contributed by atoms with E-state index in [4.69, 9.17) is 0 Å². The number of rotatable bonds is 6. The highest BCUT2D eigenvalue weighted by Gasteiger charge is 2.16. The van der Waals surface area contributed by atoms with E-state index in [-0.39, 0.29) is 5.91 Å². The Hall–Kier alpha value is -2.62. The predicted octanol–water partition coefficient (Wildman–Crippen LogP) is 3.35. The van der Waals surface area contributed by atoms with Gasteiger partial charge < -0.3 is 10.2 Å². The molecule has 0 radical (unpaired) electrons. The lowest BCUT2D eigenvalue weighted by Gasteiger charge is -2.21. The van der Waals surface area contributed by atoms with Crippen LogP contribution < -0.4 is 10.2 Å². The van der Waals surface area contributed by atoms with Gasteiger partial charge in [-0.25, -0.2) is 0 Å². The van der Waals surface area contributed by atoms with Crippen molar-refractivity contribution in [2.24, 2.45) is 0 Å². The van der Waals surface area contributed by atoms with E-state index in [9.17, 15) is 4.79 Å². The fourth-order valence-electron chi connectivity index (χ4n) is 2.05. The Morgan fingerprint density at radius 1 is 1.33 bits per heavy atom. The van der Waals surface area contributed by atoms with Gasteiger partial charge in [0.05, 0.1) is 11.3 Å². The number of pyridine rings is 1. The lowest BCUT2D eigenvalue weighted by Crippen LogP contribution is -2.30. The molecule has 0 aliphatic heterocycles. The summed E-state index contributed by atoms with van der Waals surface area (Å²) in [6, 6.07) is 11.4. The summed E-state index contributed by atoms with van der Waals surface area (Å²) in [4.78, 5) is 18.5. The van der Waals surface area contributed by atoms with E-state index in [1.807, 2.05) is 43.3 Å². The molecule has 108 valence electrons. The molecule has 0 atom stereocenters. The minimum atomic E-state index is -0.0570. The SMILES string of the molecule is C=CCNc1cncc(C(=O)N(CC)c2ccccc2)c1. The molecule has 2 rings (SSSR count). The van der Waals surface area contributed by atoms with Gasteiger partial charge in [0.25, 0.3) is 5.91 Å². The molecule has 1 heterocycles. The first kappa shape index (κ1) is 14.8. The van der Waals surface area contributed by atoms with Gasteiger partial charge in [-0.1, -0.05) is 24.3 Å². The molecule has 0 fully saturated rings. The molecule has 1 N–H and O–H groups in total. The van der Waals surface area contributed by atoms with Gasteiger partial charge in [0.1, 0.15) is 0 Å². The number of anilines is 2. The van der Waals surface area contributed by atoms with Gasteiger partial charge in [0.15, 0.2) is 0 Å². The zero-order chi connectivity index (χ0) is 15.1. The molecule has 4 nitrogen and oxygen atoms in total. The van der Waals surface area contributed by atoms with Crippen LogP contribution in [-0.2, 0) is 0 Å². The second kappa shape index (κ2) is 7.24. The summed E-state index contributed by atoms with van der Waals surface area (Å²) in [7, 11) is 0. The minimum absolute atomic E-state index is 0.0570. The second-order valence-corrected chi connectivity index (χ2v) is 4.52. The molecule has 2 aromatic rings. The van der Waals surface area contributed by atoms with E-state index in [0.29, 0.717) is 18.7 Å². The zero-order valence-electron chi connectivity index (χ0n) is 12.1. The Kier molecular flexibility index (Phi) is 5.10. The Labute approximate surface area is 125 Å².